The van der Waals surface area contributed by atoms with Gasteiger partial charge in [-0.25, -0.2) is 4.39 Å². The SMILES string of the molecule is C=C(NNC(=O)c1ccccc1OCc1ccc(F)cc1)c1ccc(N2CCOCC2)cc1. The molecule has 0 bridgehead atoms. The number of nitrogens with zero attached hydrogens (tertiary/aromatic N) is 1. The number of hydrogen-bond acceptors (Lipinski definition) is 5. The molecule has 0 aromatic heterocycles. The number of hydrogen-bond donors (Lipinski definition) is 2. The van der Waals surface area contributed by atoms with Crippen LogP contribution in [-0.4, -0.2) is 32.2 Å². The van der Waals surface area contributed by atoms with Crippen LogP contribution < -0.4 is 20.5 Å². The monoisotopic (exact) mass is 447 g/mol. The minimum Gasteiger partial charge on any atom is -0.488 e. The van der Waals surface area contributed by atoms with Gasteiger partial charge in [0.05, 0.1) is 24.5 Å². The molecule has 0 radical (unpaired) electrons. The quantitative estimate of drug-likeness (QED) is 0.508. The van der Waals surface area contributed by atoms with E-state index in [2.05, 4.69) is 22.3 Å². The van der Waals surface area contributed by atoms with E-state index in [1.807, 2.05) is 24.3 Å². The predicted molar refractivity (Wildman–Crippen MR) is 126 cm³/mol. The van der Waals surface area contributed by atoms with E-state index in [-0.39, 0.29) is 18.3 Å². The molecule has 1 amide bonds. The van der Waals surface area contributed by atoms with E-state index in [1.54, 1.807) is 36.4 Å². The van der Waals surface area contributed by atoms with Gasteiger partial charge in [0, 0.05) is 18.8 Å². The highest BCUT2D eigenvalue weighted by Crippen LogP contribution is 2.21. The molecular weight excluding hydrogens is 421 g/mol. The number of amides is 1. The fourth-order valence-corrected chi connectivity index (χ4v) is 3.49. The molecule has 0 unspecified atom stereocenters. The standard InChI is InChI=1S/C26H26FN3O3/c1-19(21-8-12-23(13-9-21)30-14-16-32-17-15-30)28-29-26(31)24-4-2-3-5-25(24)33-18-20-6-10-22(27)11-7-20/h2-13,28H,1,14-18H2,(H,29,31). The van der Waals surface area contributed by atoms with E-state index in [0.717, 1.165) is 43.1 Å². The lowest BCUT2D eigenvalue weighted by molar-refractivity contribution is 0.0938. The lowest BCUT2D eigenvalue weighted by Gasteiger charge is -2.29. The highest BCUT2D eigenvalue weighted by molar-refractivity contribution is 5.97. The molecule has 1 aliphatic heterocycles. The van der Waals surface area contributed by atoms with Crippen molar-refractivity contribution in [2.24, 2.45) is 0 Å². The van der Waals surface area contributed by atoms with Crippen molar-refractivity contribution < 1.29 is 18.7 Å². The molecule has 0 atom stereocenters. The maximum absolute atomic E-state index is 13.1. The highest BCUT2D eigenvalue weighted by atomic mass is 19.1. The minimum atomic E-state index is -0.351. The molecule has 1 heterocycles. The smallest absolute Gasteiger partial charge is 0.273 e. The summed E-state index contributed by atoms with van der Waals surface area (Å²) >= 11 is 0. The summed E-state index contributed by atoms with van der Waals surface area (Å²) in [4.78, 5) is 15.0. The molecule has 2 N–H and O–H groups in total. The first-order valence-electron chi connectivity index (χ1n) is 10.7. The molecular formula is C26H26FN3O3. The van der Waals surface area contributed by atoms with E-state index in [4.69, 9.17) is 9.47 Å². The van der Waals surface area contributed by atoms with Crippen LogP contribution in [0, 0.1) is 5.82 Å². The van der Waals surface area contributed by atoms with Gasteiger partial charge in [0.15, 0.2) is 0 Å². The summed E-state index contributed by atoms with van der Waals surface area (Å²) in [6.07, 6.45) is 0. The van der Waals surface area contributed by atoms with Crippen LogP contribution >= 0.6 is 0 Å². The molecule has 0 spiro atoms. The minimum absolute atomic E-state index is 0.222. The summed E-state index contributed by atoms with van der Waals surface area (Å²) in [5, 5.41) is 0. The number of hydrazine groups is 1. The molecule has 170 valence electrons. The van der Waals surface area contributed by atoms with Crippen molar-refractivity contribution in [2.45, 2.75) is 6.61 Å². The van der Waals surface area contributed by atoms with Gasteiger partial charge in [-0.05, 0) is 47.5 Å². The second-order valence-electron chi connectivity index (χ2n) is 7.62. The zero-order valence-corrected chi connectivity index (χ0v) is 18.2. The first-order valence-corrected chi connectivity index (χ1v) is 10.7. The normalized spacial score (nSPS) is 13.3. The average molecular weight is 448 g/mol. The fraction of sp³-hybridized carbons (Fsp3) is 0.192. The van der Waals surface area contributed by atoms with Crippen molar-refractivity contribution in [3.63, 3.8) is 0 Å². The molecule has 1 fully saturated rings. The van der Waals surface area contributed by atoms with Crippen molar-refractivity contribution in [3.8, 4) is 5.75 Å². The Bertz CT molecular complexity index is 1090. The van der Waals surface area contributed by atoms with Crippen molar-refractivity contribution in [1.82, 2.24) is 10.9 Å². The Morgan fingerprint density at radius 3 is 2.39 bits per heavy atom. The maximum atomic E-state index is 13.1. The second kappa shape index (κ2) is 10.7. The summed E-state index contributed by atoms with van der Waals surface area (Å²) in [6.45, 7) is 7.45. The summed E-state index contributed by atoms with van der Waals surface area (Å²) in [5.41, 5.74) is 9.31. The van der Waals surface area contributed by atoms with Crippen LogP contribution in [0.4, 0.5) is 10.1 Å². The average Bonchev–Trinajstić information content (AvgIpc) is 2.87. The molecule has 1 saturated heterocycles. The van der Waals surface area contributed by atoms with E-state index >= 15 is 0 Å². The van der Waals surface area contributed by atoms with Crippen LogP contribution in [0.3, 0.4) is 0 Å². The molecule has 3 aromatic carbocycles. The summed E-state index contributed by atoms with van der Waals surface area (Å²) < 4.78 is 24.3. The van der Waals surface area contributed by atoms with Gasteiger partial charge in [0.1, 0.15) is 18.2 Å². The second-order valence-corrected chi connectivity index (χ2v) is 7.62. The van der Waals surface area contributed by atoms with Crippen LogP contribution in [0.1, 0.15) is 21.5 Å². The number of halogens is 1. The third-order valence-corrected chi connectivity index (χ3v) is 5.36. The van der Waals surface area contributed by atoms with Crippen LogP contribution in [-0.2, 0) is 11.3 Å². The van der Waals surface area contributed by atoms with Crippen molar-refractivity contribution >= 4 is 17.3 Å². The molecule has 1 aliphatic rings. The maximum Gasteiger partial charge on any atom is 0.273 e. The van der Waals surface area contributed by atoms with E-state index in [0.29, 0.717) is 17.0 Å². The van der Waals surface area contributed by atoms with E-state index in [1.165, 1.54) is 12.1 Å². The van der Waals surface area contributed by atoms with Crippen LogP contribution in [0.15, 0.2) is 79.4 Å². The van der Waals surface area contributed by atoms with Crippen molar-refractivity contribution in [2.75, 3.05) is 31.2 Å². The van der Waals surface area contributed by atoms with Gasteiger partial charge in [-0.15, -0.1) is 0 Å². The topological polar surface area (TPSA) is 62.8 Å². The van der Waals surface area contributed by atoms with E-state index < -0.39 is 0 Å². The Hall–Kier alpha value is -3.84. The Morgan fingerprint density at radius 1 is 0.970 bits per heavy atom. The number of nitrogens with one attached hydrogen (secondary N) is 2. The Labute approximate surface area is 192 Å². The van der Waals surface area contributed by atoms with Crippen molar-refractivity contribution in [3.05, 3.63) is 102 Å². The summed E-state index contributed by atoms with van der Waals surface area (Å²) in [6, 6.07) is 21.0. The third kappa shape index (κ3) is 5.90. The van der Waals surface area contributed by atoms with Gasteiger partial charge >= 0.3 is 0 Å². The van der Waals surface area contributed by atoms with Crippen LogP contribution in [0.2, 0.25) is 0 Å². The molecule has 3 aromatic rings. The number of benzene rings is 3. The van der Waals surface area contributed by atoms with Gasteiger partial charge in [0.2, 0.25) is 0 Å². The van der Waals surface area contributed by atoms with Crippen LogP contribution in [0.25, 0.3) is 5.70 Å². The van der Waals surface area contributed by atoms with Crippen LogP contribution in [0.5, 0.6) is 5.75 Å². The van der Waals surface area contributed by atoms with Gasteiger partial charge < -0.3 is 14.4 Å². The highest BCUT2D eigenvalue weighted by Gasteiger charge is 2.14. The molecule has 7 heteroatoms. The lowest BCUT2D eigenvalue weighted by atomic mass is 10.1. The van der Waals surface area contributed by atoms with E-state index in [9.17, 15) is 9.18 Å². The molecule has 33 heavy (non-hydrogen) atoms. The number of morpholine rings is 1. The lowest BCUT2D eigenvalue weighted by Crippen LogP contribution is -2.36. The number of carbonyl (C=O) groups excluding carboxylic acids is 1. The molecule has 0 aliphatic carbocycles. The van der Waals surface area contributed by atoms with Gasteiger partial charge in [0.25, 0.3) is 5.91 Å². The largest absolute Gasteiger partial charge is 0.488 e. The number of anilines is 1. The first kappa shape index (κ1) is 22.4. The predicted octanol–water partition coefficient (Wildman–Crippen LogP) is 4.15. The summed E-state index contributed by atoms with van der Waals surface area (Å²) in [5.74, 6) is -0.224. The summed E-state index contributed by atoms with van der Waals surface area (Å²) in [7, 11) is 0. The zero-order valence-electron chi connectivity index (χ0n) is 18.2. The fourth-order valence-electron chi connectivity index (χ4n) is 3.49. The number of para-hydroxylation sites is 1. The Balaban J connectivity index is 1.33. The number of ether oxygens (including phenoxy) is 2. The first-order chi connectivity index (χ1) is 16.1. The van der Waals surface area contributed by atoms with Gasteiger partial charge in [-0.2, -0.15) is 0 Å². The number of carbonyl (C=O) groups is 1. The Morgan fingerprint density at radius 2 is 1.67 bits per heavy atom. The van der Waals surface area contributed by atoms with Gasteiger partial charge in [-0.1, -0.05) is 43.0 Å². The molecule has 4 rings (SSSR count). The van der Waals surface area contributed by atoms with Gasteiger partial charge in [-0.3, -0.25) is 15.6 Å². The number of rotatable bonds is 8. The molecule has 6 nitrogen and oxygen atoms in total. The molecule has 0 saturated carbocycles. The zero-order chi connectivity index (χ0) is 23.0. The third-order valence-electron chi connectivity index (χ3n) is 5.36. The Kier molecular flexibility index (Phi) is 7.22. The van der Waals surface area contributed by atoms with Crippen molar-refractivity contribution in [1.29, 1.82) is 0 Å².